The third-order valence-electron chi connectivity index (χ3n) is 6.73. The molecule has 2 amide bonds. The number of hydrogen-bond donors (Lipinski definition) is 2. The number of carbonyl (C=O) groups is 3. The molecule has 29 heavy (non-hydrogen) atoms. The molecule has 4 aliphatic rings. The number of amides is 2. The number of rotatable bonds is 6. The lowest BCUT2D eigenvalue weighted by Gasteiger charge is -2.55. The Balaban J connectivity index is 1.21. The molecule has 1 aromatic rings. The molecule has 0 unspecified atom stereocenters. The van der Waals surface area contributed by atoms with E-state index in [0.717, 1.165) is 19.3 Å². The molecule has 156 valence electrons. The summed E-state index contributed by atoms with van der Waals surface area (Å²) in [5, 5.41) is 5.21. The molecule has 4 fully saturated rings. The fourth-order valence-corrected chi connectivity index (χ4v) is 5.79. The van der Waals surface area contributed by atoms with Gasteiger partial charge in [0.15, 0.2) is 6.61 Å². The van der Waals surface area contributed by atoms with Crippen LogP contribution in [0.25, 0.3) is 0 Å². The van der Waals surface area contributed by atoms with Gasteiger partial charge in [0.05, 0.1) is 0 Å². The van der Waals surface area contributed by atoms with Gasteiger partial charge in [-0.15, -0.1) is 0 Å². The fraction of sp³-hybridized carbons (Fsp3) is 0.591. The molecule has 0 saturated heterocycles. The Hall–Kier alpha value is -2.44. The van der Waals surface area contributed by atoms with Gasteiger partial charge in [-0.05, 0) is 80.9 Å². The average Bonchev–Trinajstić information content (AvgIpc) is 2.66. The zero-order valence-electron chi connectivity index (χ0n) is 16.6. The summed E-state index contributed by atoms with van der Waals surface area (Å²) >= 11 is 0. The third-order valence-corrected chi connectivity index (χ3v) is 6.73. The highest BCUT2D eigenvalue weighted by Crippen LogP contribution is 2.60. The van der Waals surface area contributed by atoms with E-state index in [-0.39, 0.29) is 17.9 Å². The Labute approximate surface area is 169 Å². The first-order chi connectivity index (χ1) is 13.8. The average molecular weight is 402 g/mol. The van der Waals surface area contributed by atoms with Crippen LogP contribution in [0.1, 0.15) is 44.1 Å². The van der Waals surface area contributed by atoms with Crippen LogP contribution in [-0.4, -0.2) is 30.9 Å². The van der Waals surface area contributed by atoms with Crippen LogP contribution in [0, 0.1) is 35.9 Å². The molecule has 4 aliphatic carbocycles. The van der Waals surface area contributed by atoms with E-state index in [1.54, 1.807) is 19.1 Å². The second-order valence-electron chi connectivity index (χ2n) is 9.05. The monoisotopic (exact) mass is 402 g/mol. The van der Waals surface area contributed by atoms with Crippen molar-refractivity contribution in [2.75, 3.05) is 18.5 Å². The van der Waals surface area contributed by atoms with Gasteiger partial charge in [-0.25, -0.2) is 4.39 Å². The lowest BCUT2D eigenvalue weighted by atomic mass is 9.49. The second kappa shape index (κ2) is 7.76. The smallest absolute Gasteiger partial charge is 0.325 e. The lowest BCUT2D eigenvalue weighted by Crippen LogP contribution is -2.54. The van der Waals surface area contributed by atoms with Gasteiger partial charge in [0.25, 0.3) is 5.91 Å². The number of halogens is 1. The zero-order chi connectivity index (χ0) is 20.6. The van der Waals surface area contributed by atoms with Crippen molar-refractivity contribution in [1.82, 2.24) is 5.32 Å². The molecule has 4 saturated carbocycles. The predicted octanol–water partition coefficient (Wildman–Crippen LogP) is 2.95. The Morgan fingerprint density at radius 1 is 1.10 bits per heavy atom. The normalized spacial score (nSPS) is 29.4. The Morgan fingerprint density at radius 3 is 2.31 bits per heavy atom. The Kier molecular flexibility index (Phi) is 5.32. The van der Waals surface area contributed by atoms with Gasteiger partial charge in [0.2, 0.25) is 5.91 Å². The van der Waals surface area contributed by atoms with Gasteiger partial charge in [-0.2, -0.15) is 0 Å². The molecule has 0 radical (unpaired) electrons. The van der Waals surface area contributed by atoms with E-state index in [1.807, 2.05) is 0 Å². The van der Waals surface area contributed by atoms with Crippen LogP contribution >= 0.6 is 0 Å². The van der Waals surface area contributed by atoms with E-state index in [9.17, 15) is 18.8 Å². The molecule has 6 nitrogen and oxygen atoms in total. The topological polar surface area (TPSA) is 84.5 Å². The molecule has 2 N–H and O–H groups in total. The third kappa shape index (κ3) is 4.28. The highest BCUT2D eigenvalue weighted by atomic mass is 19.1. The van der Waals surface area contributed by atoms with Gasteiger partial charge >= 0.3 is 5.97 Å². The number of aryl methyl sites for hydroxylation is 1. The number of anilines is 1. The number of hydrogen-bond acceptors (Lipinski definition) is 4. The van der Waals surface area contributed by atoms with Crippen molar-refractivity contribution in [2.45, 2.75) is 45.4 Å². The summed E-state index contributed by atoms with van der Waals surface area (Å²) in [6.07, 6.45) is 6.51. The molecule has 0 aliphatic heterocycles. The van der Waals surface area contributed by atoms with Crippen LogP contribution in [0.2, 0.25) is 0 Å². The maximum absolute atomic E-state index is 13.5. The number of benzene rings is 1. The minimum atomic E-state index is -0.659. The molecule has 0 spiro atoms. The van der Waals surface area contributed by atoms with Crippen LogP contribution in [0.3, 0.4) is 0 Å². The van der Waals surface area contributed by atoms with E-state index in [1.165, 1.54) is 25.3 Å². The van der Waals surface area contributed by atoms with E-state index >= 15 is 0 Å². The molecule has 0 aromatic heterocycles. The highest BCUT2D eigenvalue weighted by molar-refractivity contribution is 5.93. The van der Waals surface area contributed by atoms with Crippen LogP contribution in [0.4, 0.5) is 10.1 Å². The van der Waals surface area contributed by atoms with Gasteiger partial charge in [0, 0.05) is 11.1 Å². The molecular weight excluding hydrogens is 375 g/mol. The van der Waals surface area contributed by atoms with E-state index in [4.69, 9.17) is 4.74 Å². The minimum Gasteiger partial charge on any atom is -0.454 e. The second-order valence-corrected chi connectivity index (χ2v) is 9.05. The first kappa shape index (κ1) is 19.9. The molecular formula is C22H27FN2O4. The summed E-state index contributed by atoms with van der Waals surface area (Å²) in [6, 6.07) is 4.33. The van der Waals surface area contributed by atoms with Crippen LogP contribution in [-0.2, 0) is 19.1 Å². The van der Waals surface area contributed by atoms with Crippen molar-refractivity contribution in [2.24, 2.45) is 23.2 Å². The van der Waals surface area contributed by atoms with Crippen molar-refractivity contribution in [1.29, 1.82) is 0 Å². The lowest BCUT2D eigenvalue weighted by molar-refractivity contribution is -0.152. The number of esters is 1. The number of ether oxygens (including phenoxy) is 1. The first-order valence-corrected chi connectivity index (χ1v) is 10.3. The standard InChI is InChI=1S/C22H27FN2O4/c1-13-2-3-17(7-18(13)23)25-19(26)12-29-20(27)11-24-21(28)22-8-14-4-15(9-22)6-16(5-14)10-22/h2-3,7,14-16H,4-6,8-12H2,1H3,(H,24,28)(H,25,26). The van der Waals surface area contributed by atoms with E-state index < -0.39 is 24.3 Å². The first-order valence-electron chi connectivity index (χ1n) is 10.3. The van der Waals surface area contributed by atoms with Crippen molar-refractivity contribution in [3.8, 4) is 0 Å². The van der Waals surface area contributed by atoms with Crippen molar-refractivity contribution in [3.05, 3.63) is 29.6 Å². The molecule has 0 atom stereocenters. The Morgan fingerprint density at radius 2 is 1.72 bits per heavy atom. The van der Waals surface area contributed by atoms with Crippen molar-refractivity contribution < 1.29 is 23.5 Å². The van der Waals surface area contributed by atoms with Crippen LogP contribution in [0.15, 0.2) is 18.2 Å². The largest absolute Gasteiger partial charge is 0.454 e. The molecule has 7 heteroatoms. The fourth-order valence-electron chi connectivity index (χ4n) is 5.79. The van der Waals surface area contributed by atoms with Gasteiger partial charge in [-0.3, -0.25) is 14.4 Å². The van der Waals surface area contributed by atoms with Crippen molar-refractivity contribution in [3.63, 3.8) is 0 Å². The maximum atomic E-state index is 13.5. The summed E-state index contributed by atoms with van der Waals surface area (Å²) in [6.45, 7) is 0.898. The number of carbonyl (C=O) groups excluding carboxylic acids is 3. The van der Waals surface area contributed by atoms with Crippen LogP contribution < -0.4 is 10.6 Å². The van der Waals surface area contributed by atoms with Gasteiger partial charge < -0.3 is 15.4 Å². The van der Waals surface area contributed by atoms with E-state index in [0.29, 0.717) is 29.0 Å². The maximum Gasteiger partial charge on any atom is 0.325 e. The predicted molar refractivity (Wildman–Crippen MR) is 104 cm³/mol. The number of nitrogens with one attached hydrogen (secondary N) is 2. The summed E-state index contributed by atoms with van der Waals surface area (Å²) in [4.78, 5) is 36.6. The summed E-state index contributed by atoms with van der Waals surface area (Å²) in [5.41, 5.74) is 0.454. The SMILES string of the molecule is Cc1ccc(NC(=O)COC(=O)CNC(=O)C23CC4CC(CC(C4)C2)C3)cc1F. The molecule has 5 rings (SSSR count). The van der Waals surface area contributed by atoms with Gasteiger partial charge in [0.1, 0.15) is 12.4 Å². The van der Waals surface area contributed by atoms with Gasteiger partial charge in [-0.1, -0.05) is 6.07 Å². The van der Waals surface area contributed by atoms with Crippen LogP contribution in [0.5, 0.6) is 0 Å². The molecule has 0 heterocycles. The highest BCUT2D eigenvalue weighted by Gasteiger charge is 2.54. The zero-order valence-corrected chi connectivity index (χ0v) is 16.6. The molecule has 1 aromatic carbocycles. The minimum absolute atomic E-state index is 0.0480. The summed E-state index contributed by atoms with van der Waals surface area (Å²) in [7, 11) is 0. The quantitative estimate of drug-likeness (QED) is 0.717. The molecule has 4 bridgehead atoms. The summed E-state index contributed by atoms with van der Waals surface area (Å²) in [5.74, 6) is 0.250. The van der Waals surface area contributed by atoms with Crippen molar-refractivity contribution >= 4 is 23.5 Å². The Bertz CT molecular complexity index is 803. The summed E-state index contributed by atoms with van der Waals surface area (Å²) < 4.78 is 18.5. The van der Waals surface area contributed by atoms with E-state index in [2.05, 4.69) is 10.6 Å².